The van der Waals surface area contributed by atoms with Crippen molar-refractivity contribution in [3.8, 4) is 12.3 Å². The first-order chi connectivity index (χ1) is 4.90. The average Bonchev–Trinajstić information content (AvgIpc) is 1.86. The Kier molecular flexibility index (Phi) is 3.09. The number of rotatable bonds is 2. The SMILES string of the molecule is C#CC(=O)NC(C)(C)C(C)O. The van der Waals surface area contributed by atoms with Crippen LogP contribution in [0.1, 0.15) is 20.8 Å². The van der Waals surface area contributed by atoms with Crippen LogP contribution in [-0.4, -0.2) is 22.7 Å². The molecule has 0 aliphatic heterocycles. The quantitative estimate of drug-likeness (QED) is 0.547. The van der Waals surface area contributed by atoms with Crippen LogP contribution in [0.4, 0.5) is 0 Å². The summed E-state index contributed by atoms with van der Waals surface area (Å²) in [7, 11) is 0. The van der Waals surface area contributed by atoms with E-state index >= 15 is 0 Å². The third-order valence-electron chi connectivity index (χ3n) is 1.61. The summed E-state index contributed by atoms with van der Waals surface area (Å²) in [5, 5.41) is 11.6. The maximum atomic E-state index is 10.7. The van der Waals surface area contributed by atoms with Gasteiger partial charge in [0.15, 0.2) is 0 Å². The summed E-state index contributed by atoms with van der Waals surface area (Å²) in [5.74, 6) is 1.41. The van der Waals surface area contributed by atoms with Crippen LogP contribution in [0.2, 0.25) is 0 Å². The Labute approximate surface area is 66.8 Å². The number of hydrogen-bond donors (Lipinski definition) is 2. The third kappa shape index (κ3) is 3.06. The molecule has 0 fully saturated rings. The summed E-state index contributed by atoms with van der Waals surface area (Å²) in [6.45, 7) is 5.00. The van der Waals surface area contributed by atoms with Crippen LogP contribution in [0, 0.1) is 12.3 Å². The van der Waals surface area contributed by atoms with Gasteiger partial charge in [0.05, 0.1) is 11.6 Å². The normalized spacial score (nSPS) is 13.4. The van der Waals surface area contributed by atoms with E-state index in [9.17, 15) is 4.79 Å². The maximum absolute atomic E-state index is 10.7. The number of terminal acetylenes is 1. The number of aliphatic hydroxyl groups excluding tert-OH is 1. The molecule has 1 atom stereocenters. The van der Waals surface area contributed by atoms with Crippen molar-refractivity contribution in [3.05, 3.63) is 0 Å². The maximum Gasteiger partial charge on any atom is 0.296 e. The smallest absolute Gasteiger partial charge is 0.296 e. The van der Waals surface area contributed by atoms with Gasteiger partial charge >= 0.3 is 0 Å². The molecule has 0 aromatic carbocycles. The average molecular weight is 155 g/mol. The van der Waals surface area contributed by atoms with E-state index in [0.29, 0.717) is 0 Å². The number of carbonyl (C=O) groups excluding carboxylic acids is 1. The van der Waals surface area contributed by atoms with Crippen molar-refractivity contribution in [2.45, 2.75) is 32.4 Å². The van der Waals surface area contributed by atoms with Gasteiger partial charge in [0.1, 0.15) is 0 Å². The van der Waals surface area contributed by atoms with E-state index < -0.39 is 17.6 Å². The van der Waals surface area contributed by atoms with E-state index in [1.165, 1.54) is 0 Å². The molecule has 11 heavy (non-hydrogen) atoms. The zero-order valence-corrected chi connectivity index (χ0v) is 7.01. The van der Waals surface area contributed by atoms with Crippen LogP contribution in [0.15, 0.2) is 0 Å². The van der Waals surface area contributed by atoms with Crippen molar-refractivity contribution in [3.63, 3.8) is 0 Å². The number of hydrogen-bond acceptors (Lipinski definition) is 2. The molecular weight excluding hydrogens is 142 g/mol. The zero-order valence-electron chi connectivity index (χ0n) is 7.01. The molecular formula is C8H13NO2. The van der Waals surface area contributed by atoms with Crippen LogP contribution >= 0.6 is 0 Å². The van der Waals surface area contributed by atoms with Crippen LogP contribution < -0.4 is 5.32 Å². The standard InChI is InChI=1S/C8H13NO2/c1-5-7(11)9-8(3,4)6(2)10/h1,6,10H,2-4H3,(H,9,11). The molecule has 0 aromatic heterocycles. The summed E-state index contributed by atoms with van der Waals surface area (Å²) in [5.41, 5.74) is -0.663. The minimum atomic E-state index is -0.663. The highest BCUT2D eigenvalue weighted by Crippen LogP contribution is 2.07. The van der Waals surface area contributed by atoms with Crippen LogP contribution in [-0.2, 0) is 4.79 Å². The molecule has 0 bridgehead atoms. The van der Waals surface area contributed by atoms with Gasteiger partial charge < -0.3 is 10.4 Å². The third-order valence-corrected chi connectivity index (χ3v) is 1.61. The summed E-state index contributed by atoms with van der Waals surface area (Å²) >= 11 is 0. The Morgan fingerprint density at radius 1 is 1.73 bits per heavy atom. The van der Waals surface area contributed by atoms with Gasteiger partial charge in [0, 0.05) is 0 Å². The van der Waals surface area contributed by atoms with Crippen LogP contribution in [0.5, 0.6) is 0 Å². The molecule has 2 N–H and O–H groups in total. The molecule has 0 saturated carbocycles. The number of aliphatic hydroxyl groups is 1. The molecule has 0 spiro atoms. The fraction of sp³-hybridized carbons (Fsp3) is 0.625. The highest BCUT2D eigenvalue weighted by molar-refractivity contribution is 5.93. The number of nitrogens with one attached hydrogen (secondary N) is 1. The van der Waals surface area contributed by atoms with E-state index in [0.717, 1.165) is 0 Å². The van der Waals surface area contributed by atoms with Crippen LogP contribution in [0.3, 0.4) is 0 Å². The van der Waals surface area contributed by atoms with Gasteiger partial charge in [-0.3, -0.25) is 4.79 Å². The Morgan fingerprint density at radius 2 is 2.18 bits per heavy atom. The molecule has 0 radical (unpaired) electrons. The molecule has 62 valence electrons. The number of carbonyl (C=O) groups is 1. The first-order valence-corrected chi connectivity index (χ1v) is 3.37. The molecule has 1 amide bonds. The summed E-state index contributed by atoms with van der Waals surface area (Å²) < 4.78 is 0. The first-order valence-electron chi connectivity index (χ1n) is 3.37. The van der Waals surface area contributed by atoms with Gasteiger partial charge in [0.2, 0.25) is 0 Å². The Hall–Kier alpha value is -1.01. The molecule has 1 unspecified atom stereocenters. The van der Waals surface area contributed by atoms with Gasteiger partial charge in [-0.25, -0.2) is 0 Å². The molecule has 3 heteroatoms. The second-order valence-corrected chi connectivity index (χ2v) is 3.00. The lowest BCUT2D eigenvalue weighted by molar-refractivity contribution is -0.118. The molecule has 0 rings (SSSR count). The summed E-state index contributed by atoms with van der Waals surface area (Å²) in [6, 6.07) is 0. The minimum Gasteiger partial charge on any atom is -0.391 e. The topological polar surface area (TPSA) is 49.3 Å². The second kappa shape index (κ2) is 3.40. The first kappa shape index (κ1) is 9.99. The minimum absolute atomic E-state index is 0.504. The van der Waals surface area contributed by atoms with Crippen molar-refractivity contribution < 1.29 is 9.90 Å². The van der Waals surface area contributed by atoms with Gasteiger partial charge in [-0.15, -0.1) is 6.42 Å². The predicted octanol–water partition coefficient (Wildman–Crippen LogP) is -0.105. The van der Waals surface area contributed by atoms with E-state index in [4.69, 9.17) is 11.5 Å². The van der Waals surface area contributed by atoms with E-state index in [-0.39, 0.29) is 0 Å². The summed E-state index contributed by atoms with van der Waals surface area (Å²) in [4.78, 5) is 10.7. The van der Waals surface area contributed by atoms with E-state index in [1.54, 1.807) is 20.8 Å². The lowest BCUT2D eigenvalue weighted by Crippen LogP contribution is -2.50. The highest BCUT2D eigenvalue weighted by atomic mass is 16.3. The van der Waals surface area contributed by atoms with E-state index in [1.807, 2.05) is 5.92 Å². The van der Waals surface area contributed by atoms with Gasteiger partial charge in [-0.1, -0.05) is 0 Å². The van der Waals surface area contributed by atoms with Crippen molar-refractivity contribution in [1.29, 1.82) is 0 Å². The number of amides is 1. The molecule has 3 nitrogen and oxygen atoms in total. The van der Waals surface area contributed by atoms with Crippen molar-refractivity contribution in [2.24, 2.45) is 0 Å². The van der Waals surface area contributed by atoms with Crippen molar-refractivity contribution >= 4 is 5.91 Å². The fourth-order valence-corrected chi connectivity index (χ4v) is 0.433. The lowest BCUT2D eigenvalue weighted by Gasteiger charge is -2.28. The molecule has 0 heterocycles. The molecule has 0 saturated heterocycles. The highest BCUT2D eigenvalue weighted by Gasteiger charge is 2.24. The predicted molar refractivity (Wildman–Crippen MR) is 42.7 cm³/mol. The molecule has 0 aliphatic rings. The Balaban J connectivity index is 4.15. The summed E-state index contributed by atoms with van der Waals surface area (Å²) in [6.07, 6.45) is 4.21. The molecule has 0 aromatic rings. The fourth-order valence-electron chi connectivity index (χ4n) is 0.433. The van der Waals surface area contributed by atoms with Crippen molar-refractivity contribution in [1.82, 2.24) is 5.32 Å². The van der Waals surface area contributed by atoms with Gasteiger partial charge in [-0.05, 0) is 26.7 Å². The second-order valence-electron chi connectivity index (χ2n) is 3.00. The Bertz CT molecular complexity index is 189. The van der Waals surface area contributed by atoms with Crippen LogP contribution in [0.25, 0.3) is 0 Å². The van der Waals surface area contributed by atoms with Gasteiger partial charge in [0.25, 0.3) is 5.91 Å². The van der Waals surface area contributed by atoms with E-state index in [2.05, 4.69) is 5.32 Å². The largest absolute Gasteiger partial charge is 0.391 e. The van der Waals surface area contributed by atoms with Gasteiger partial charge in [-0.2, -0.15) is 0 Å². The monoisotopic (exact) mass is 155 g/mol. The lowest BCUT2D eigenvalue weighted by atomic mass is 9.99. The molecule has 0 aliphatic carbocycles. The van der Waals surface area contributed by atoms with Crippen molar-refractivity contribution in [2.75, 3.05) is 0 Å². The zero-order chi connectivity index (χ0) is 9.07. The Morgan fingerprint density at radius 3 is 2.45 bits per heavy atom.